The average Bonchev–Trinajstić information content (AvgIpc) is 3.66. The fraction of sp³-hybridized carbons (Fsp3) is 0.448. The molecule has 0 amide bonds. The van der Waals surface area contributed by atoms with Crippen molar-refractivity contribution in [3.05, 3.63) is 77.7 Å². The van der Waals surface area contributed by atoms with Gasteiger partial charge in [0.25, 0.3) is 0 Å². The molecule has 36 heavy (non-hydrogen) atoms. The van der Waals surface area contributed by atoms with Crippen LogP contribution in [0.15, 0.2) is 66.5 Å². The van der Waals surface area contributed by atoms with E-state index in [1.54, 1.807) is 18.5 Å². The van der Waals surface area contributed by atoms with Gasteiger partial charge in [-0.3, -0.25) is 4.98 Å². The number of nitrogens with zero attached hydrogens (tertiary/aromatic N) is 2. The quantitative estimate of drug-likeness (QED) is 0.576. The largest absolute Gasteiger partial charge is 0.495 e. The van der Waals surface area contributed by atoms with Crippen molar-refractivity contribution < 1.29 is 19.7 Å². The van der Waals surface area contributed by atoms with E-state index in [1.807, 2.05) is 49.4 Å². The zero-order valence-corrected chi connectivity index (χ0v) is 20.5. The maximum absolute atomic E-state index is 12.9. The van der Waals surface area contributed by atoms with E-state index in [0.717, 1.165) is 18.4 Å². The van der Waals surface area contributed by atoms with Crippen molar-refractivity contribution in [3.63, 3.8) is 0 Å². The van der Waals surface area contributed by atoms with E-state index in [1.165, 1.54) is 7.11 Å². The molecule has 186 valence electrons. The summed E-state index contributed by atoms with van der Waals surface area (Å²) in [7, 11) is 1.53. The van der Waals surface area contributed by atoms with E-state index >= 15 is 0 Å². The van der Waals surface area contributed by atoms with Gasteiger partial charge in [-0.25, -0.2) is 0 Å². The van der Waals surface area contributed by atoms with Gasteiger partial charge in [-0.1, -0.05) is 49.4 Å². The van der Waals surface area contributed by atoms with Crippen molar-refractivity contribution >= 4 is 0 Å². The highest BCUT2D eigenvalue weighted by molar-refractivity contribution is 5.59. The first-order valence-corrected chi connectivity index (χ1v) is 12.6. The van der Waals surface area contributed by atoms with E-state index in [-0.39, 0.29) is 11.8 Å². The average molecular weight is 486 g/mol. The van der Waals surface area contributed by atoms with Crippen LogP contribution < -0.4 is 14.8 Å². The summed E-state index contributed by atoms with van der Waals surface area (Å²) in [5.41, 5.74) is -1.84. The van der Waals surface area contributed by atoms with Gasteiger partial charge < -0.3 is 25.0 Å². The molecular weight excluding hydrogens is 454 g/mol. The third kappa shape index (κ3) is 2.98. The van der Waals surface area contributed by atoms with Crippen LogP contribution in [0.3, 0.4) is 0 Å². The summed E-state index contributed by atoms with van der Waals surface area (Å²) in [4.78, 5) is 4.29. The van der Waals surface area contributed by atoms with Gasteiger partial charge >= 0.3 is 0 Å². The molecule has 3 N–H and O–H groups in total. The highest BCUT2D eigenvalue weighted by Crippen LogP contribution is 2.71. The van der Waals surface area contributed by atoms with Crippen molar-refractivity contribution in [2.75, 3.05) is 13.7 Å². The van der Waals surface area contributed by atoms with Crippen LogP contribution in [0, 0.1) is 22.7 Å². The first kappa shape index (κ1) is 23.2. The molecule has 1 aromatic carbocycles. The third-order valence-electron chi connectivity index (χ3n) is 8.75. The van der Waals surface area contributed by atoms with E-state index in [2.05, 4.69) is 16.4 Å². The molecule has 2 saturated carbocycles. The Morgan fingerprint density at radius 3 is 2.67 bits per heavy atom. The Balaban J connectivity index is 1.61. The Morgan fingerprint density at radius 1 is 1.25 bits per heavy atom. The number of nitrogens with one attached hydrogen (secondary N) is 1. The van der Waals surface area contributed by atoms with Crippen LogP contribution in [-0.2, 0) is 5.60 Å². The molecule has 0 spiro atoms. The molecule has 1 unspecified atom stereocenters. The summed E-state index contributed by atoms with van der Waals surface area (Å²) in [6, 6.07) is 12.7. The van der Waals surface area contributed by atoms with Gasteiger partial charge in [0.05, 0.1) is 37.2 Å². The van der Waals surface area contributed by atoms with Gasteiger partial charge in [0.15, 0.2) is 11.2 Å². The van der Waals surface area contributed by atoms with Gasteiger partial charge in [-0.2, -0.15) is 5.26 Å². The fourth-order valence-electron chi connectivity index (χ4n) is 6.89. The van der Waals surface area contributed by atoms with E-state index < -0.39 is 22.7 Å². The van der Waals surface area contributed by atoms with Crippen LogP contribution >= 0.6 is 0 Å². The molecule has 3 aliphatic carbocycles. The van der Waals surface area contributed by atoms with Crippen LogP contribution in [0.4, 0.5) is 0 Å². The monoisotopic (exact) mass is 485 g/mol. The van der Waals surface area contributed by atoms with Gasteiger partial charge in [-0.15, -0.1) is 0 Å². The lowest BCUT2D eigenvalue weighted by atomic mass is 9.57. The number of fused-ring (bicyclic) bond motifs is 3. The van der Waals surface area contributed by atoms with Gasteiger partial charge in [0.1, 0.15) is 11.5 Å². The van der Waals surface area contributed by atoms with E-state index in [9.17, 15) is 15.5 Å². The Kier molecular flexibility index (Phi) is 5.27. The zero-order chi connectivity index (χ0) is 25.1. The van der Waals surface area contributed by atoms with Gasteiger partial charge in [-0.05, 0) is 30.9 Å². The summed E-state index contributed by atoms with van der Waals surface area (Å²) in [5.74, 6) is 0.0923. The summed E-state index contributed by atoms with van der Waals surface area (Å²) in [6.45, 7) is 2.59. The number of pyridine rings is 1. The number of aromatic nitrogens is 1. The standard InChI is InChI=1S/C29H31N3O4/c1-27(12-10-18(14-30)11-13-27)29-24(19-6-4-3-5-7-19)21(15-32-20-8-9-20)26(33)28(29,34)25-22(35-2)16-31-17-23(25)36-29/h3-7,10-12,16-17,20-21,24,26,32-34H,8-9,13,15H2,1-2H3/t21-,24-,26-,27?,28+,29-/m1/s1. The van der Waals surface area contributed by atoms with E-state index in [4.69, 9.17) is 9.47 Å². The molecule has 1 aromatic heterocycles. The molecular formula is C29H31N3O4. The van der Waals surface area contributed by atoms with Crippen molar-refractivity contribution in [1.82, 2.24) is 10.3 Å². The van der Waals surface area contributed by atoms with Crippen LogP contribution in [-0.4, -0.2) is 46.6 Å². The van der Waals surface area contributed by atoms with Crippen LogP contribution in [0.2, 0.25) is 0 Å². The van der Waals surface area contributed by atoms with Crippen LogP contribution in [0.5, 0.6) is 11.5 Å². The molecule has 6 atom stereocenters. The molecule has 2 fully saturated rings. The number of ether oxygens (including phenoxy) is 2. The molecule has 7 nitrogen and oxygen atoms in total. The summed E-state index contributed by atoms with van der Waals surface area (Å²) < 4.78 is 12.6. The minimum absolute atomic E-state index is 0.337. The lowest BCUT2D eigenvalue weighted by Gasteiger charge is -2.51. The third-order valence-corrected chi connectivity index (χ3v) is 8.75. The summed E-state index contributed by atoms with van der Waals surface area (Å²) in [6.07, 6.45) is 10.4. The predicted octanol–water partition coefficient (Wildman–Crippen LogP) is 3.35. The molecule has 2 heterocycles. The SMILES string of the molecule is COc1cncc2c1[C@]1(O)[C@H](O)[C@H](CNC3CC3)[C@@H](c3ccccc3)[C@]1(C1(C)C=CC(C#N)=CC1)O2. The second kappa shape index (κ2) is 8.17. The smallest absolute Gasteiger partial charge is 0.164 e. The molecule has 0 radical (unpaired) electrons. The maximum Gasteiger partial charge on any atom is 0.164 e. The number of allylic oxidation sites excluding steroid dienone is 3. The normalized spacial score (nSPS) is 36.4. The van der Waals surface area contributed by atoms with E-state index in [0.29, 0.717) is 41.6 Å². The Bertz CT molecular complexity index is 1280. The van der Waals surface area contributed by atoms with Crippen LogP contribution in [0.1, 0.15) is 43.2 Å². The van der Waals surface area contributed by atoms with Gasteiger partial charge in [0, 0.05) is 35.4 Å². The number of hydrogen-bond donors (Lipinski definition) is 3. The summed E-state index contributed by atoms with van der Waals surface area (Å²) in [5, 5.41) is 38.1. The Morgan fingerprint density at radius 2 is 2.03 bits per heavy atom. The van der Waals surface area contributed by atoms with Crippen molar-refractivity contribution in [2.24, 2.45) is 11.3 Å². The van der Waals surface area contributed by atoms with Gasteiger partial charge in [0.2, 0.25) is 0 Å². The molecule has 4 aliphatic rings. The van der Waals surface area contributed by atoms with Crippen molar-refractivity contribution in [2.45, 2.75) is 55.5 Å². The molecule has 2 aromatic rings. The summed E-state index contributed by atoms with van der Waals surface area (Å²) >= 11 is 0. The topological polar surface area (TPSA) is 108 Å². The number of aliphatic hydroxyl groups excluding tert-OH is 1. The maximum atomic E-state index is 12.9. The number of hydrogen-bond acceptors (Lipinski definition) is 7. The number of aliphatic hydroxyl groups is 2. The van der Waals surface area contributed by atoms with Crippen molar-refractivity contribution in [3.8, 4) is 17.6 Å². The number of nitriles is 1. The highest BCUT2D eigenvalue weighted by Gasteiger charge is 2.80. The molecule has 0 bridgehead atoms. The second-order valence-electron chi connectivity index (χ2n) is 10.7. The number of methoxy groups -OCH3 is 1. The lowest BCUT2D eigenvalue weighted by Crippen LogP contribution is -2.63. The Labute approximate surface area is 211 Å². The number of rotatable bonds is 6. The zero-order valence-electron chi connectivity index (χ0n) is 20.5. The first-order chi connectivity index (χ1) is 17.4. The molecule has 6 rings (SSSR count). The Hall–Kier alpha value is -3.18. The second-order valence-corrected chi connectivity index (χ2v) is 10.7. The fourth-order valence-corrected chi connectivity index (χ4v) is 6.89. The van der Waals surface area contributed by atoms with Crippen molar-refractivity contribution in [1.29, 1.82) is 5.26 Å². The minimum atomic E-state index is -1.79. The predicted molar refractivity (Wildman–Crippen MR) is 133 cm³/mol. The molecule has 7 heteroatoms. The minimum Gasteiger partial charge on any atom is -0.495 e. The number of benzene rings is 1. The highest BCUT2D eigenvalue weighted by atomic mass is 16.5. The van der Waals surface area contributed by atoms with Crippen LogP contribution in [0.25, 0.3) is 0 Å². The molecule has 0 saturated heterocycles. The molecule has 1 aliphatic heterocycles. The first-order valence-electron chi connectivity index (χ1n) is 12.6. The lowest BCUT2D eigenvalue weighted by molar-refractivity contribution is -0.185.